The number of aromatic nitrogens is 5. The normalized spacial score (nSPS) is 14.8. The van der Waals surface area contributed by atoms with E-state index in [1.807, 2.05) is 17.9 Å². The van der Waals surface area contributed by atoms with E-state index in [-0.39, 0.29) is 0 Å². The number of nitrogens with zero attached hydrogens (tertiary/aromatic N) is 6. The number of nitrogens with one attached hydrogen (secondary N) is 1. The molecule has 0 spiro atoms. The monoisotopic (exact) mass is 273 g/mol. The van der Waals surface area contributed by atoms with E-state index in [4.69, 9.17) is 0 Å². The molecule has 1 aliphatic heterocycles. The molecule has 2 aromatic heterocycles. The molecule has 3 rings (SSSR count). The molecular formula is C13H19N7. The molecule has 7 nitrogen and oxygen atoms in total. The lowest BCUT2D eigenvalue weighted by Gasteiger charge is -2.16. The van der Waals surface area contributed by atoms with Crippen LogP contribution in [-0.2, 0) is 6.54 Å². The molecule has 0 aliphatic carbocycles. The SMILES string of the molecule is CCn1cc(-c2nc(NC)nc(N3CCCC3)n2)cn1. The minimum absolute atomic E-state index is 0.598. The average Bonchev–Trinajstić information content (AvgIpc) is 3.17. The molecule has 1 N–H and O–H groups in total. The van der Waals surface area contributed by atoms with Crippen molar-refractivity contribution in [1.29, 1.82) is 0 Å². The molecule has 1 saturated heterocycles. The number of hydrogen-bond donors (Lipinski definition) is 1. The van der Waals surface area contributed by atoms with Gasteiger partial charge in [-0.05, 0) is 19.8 Å². The highest BCUT2D eigenvalue weighted by atomic mass is 15.3. The molecule has 1 aliphatic rings. The molecular weight excluding hydrogens is 254 g/mol. The highest BCUT2D eigenvalue weighted by Gasteiger charge is 2.18. The zero-order chi connectivity index (χ0) is 13.9. The number of rotatable bonds is 4. The van der Waals surface area contributed by atoms with E-state index in [1.165, 1.54) is 12.8 Å². The van der Waals surface area contributed by atoms with Crippen molar-refractivity contribution in [2.75, 3.05) is 30.4 Å². The quantitative estimate of drug-likeness (QED) is 0.907. The maximum Gasteiger partial charge on any atom is 0.230 e. The van der Waals surface area contributed by atoms with Crippen molar-refractivity contribution in [3.8, 4) is 11.4 Å². The van der Waals surface area contributed by atoms with Crippen LogP contribution in [0.3, 0.4) is 0 Å². The lowest BCUT2D eigenvalue weighted by molar-refractivity contribution is 0.660. The highest BCUT2D eigenvalue weighted by molar-refractivity contribution is 5.56. The van der Waals surface area contributed by atoms with Crippen LogP contribution in [0.1, 0.15) is 19.8 Å². The van der Waals surface area contributed by atoms with E-state index >= 15 is 0 Å². The van der Waals surface area contributed by atoms with E-state index in [2.05, 4.69) is 37.2 Å². The van der Waals surface area contributed by atoms with Crippen LogP contribution in [0.2, 0.25) is 0 Å². The van der Waals surface area contributed by atoms with Crippen molar-refractivity contribution in [3.05, 3.63) is 12.4 Å². The molecule has 106 valence electrons. The van der Waals surface area contributed by atoms with Crippen molar-refractivity contribution in [2.24, 2.45) is 0 Å². The summed E-state index contributed by atoms with van der Waals surface area (Å²) >= 11 is 0. The first-order valence-electron chi connectivity index (χ1n) is 7.01. The highest BCUT2D eigenvalue weighted by Crippen LogP contribution is 2.21. The fraction of sp³-hybridized carbons (Fsp3) is 0.538. The summed E-state index contributed by atoms with van der Waals surface area (Å²) < 4.78 is 1.87. The van der Waals surface area contributed by atoms with Crippen molar-refractivity contribution < 1.29 is 0 Å². The summed E-state index contributed by atoms with van der Waals surface area (Å²) in [6.07, 6.45) is 6.15. The Morgan fingerprint density at radius 3 is 2.65 bits per heavy atom. The van der Waals surface area contributed by atoms with Crippen LogP contribution in [-0.4, -0.2) is 44.9 Å². The second kappa shape index (κ2) is 5.44. The van der Waals surface area contributed by atoms with Crippen molar-refractivity contribution >= 4 is 11.9 Å². The predicted molar refractivity (Wildman–Crippen MR) is 77.7 cm³/mol. The van der Waals surface area contributed by atoms with Gasteiger partial charge in [-0.1, -0.05) is 0 Å². The van der Waals surface area contributed by atoms with Gasteiger partial charge in [-0.25, -0.2) is 0 Å². The standard InChI is InChI=1S/C13H19N7/c1-3-20-9-10(8-15-20)11-16-12(14-2)18-13(17-11)19-6-4-5-7-19/h8-9H,3-7H2,1-2H3,(H,14,16,17,18). The van der Waals surface area contributed by atoms with Gasteiger partial charge in [0, 0.05) is 32.9 Å². The van der Waals surface area contributed by atoms with Crippen LogP contribution in [0.15, 0.2) is 12.4 Å². The van der Waals surface area contributed by atoms with Gasteiger partial charge in [0.1, 0.15) is 0 Å². The zero-order valence-corrected chi connectivity index (χ0v) is 11.9. The summed E-state index contributed by atoms with van der Waals surface area (Å²) in [6, 6.07) is 0. The average molecular weight is 273 g/mol. The van der Waals surface area contributed by atoms with E-state index in [1.54, 1.807) is 6.20 Å². The number of hydrogen-bond acceptors (Lipinski definition) is 6. The van der Waals surface area contributed by atoms with Gasteiger partial charge in [0.2, 0.25) is 11.9 Å². The molecule has 0 atom stereocenters. The van der Waals surface area contributed by atoms with Gasteiger partial charge >= 0.3 is 0 Å². The Bertz CT molecular complexity index is 586. The van der Waals surface area contributed by atoms with Crippen LogP contribution >= 0.6 is 0 Å². The van der Waals surface area contributed by atoms with Gasteiger partial charge in [0.15, 0.2) is 5.82 Å². The van der Waals surface area contributed by atoms with Gasteiger partial charge in [0.25, 0.3) is 0 Å². The number of anilines is 2. The Morgan fingerprint density at radius 1 is 1.20 bits per heavy atom. The fourth-order valence-electron chi connectivity index (χ4n) is 2.32. The van der Waals surface area contributed by atoms with Crippen LogP contribution in [0.4, 0.5) is 11.9 Å². The first-order chi connectivity index (χ1) is 9.80. The molecule has 2 aromatic rings. The van der Waals surface area contributed by atoms with Crippen molar-refractivity contribution in [1.82, 2.24) is 24.7 Å². The van der Waals surface area contributed by atoms with Crippen LogP contribution in [0.25, 0.3) is 11.4 Å². The lowest BCUT2D eigenvalue weighted by atomic mass is 10.3. The largest absolute Gasteiger partial charge is 0.357 e. The van der Waals surface area contributed by atoms with E-state index < -0.39 is 0 Å². The first-order valence-corrected chi connectivity index (χ1v) is 7.01. The summed E-state index contributed by atoms with van der Waals surface area (Å²) in [5, 5.41) is 7.28. The Balaban J connectivity index is 1.98. The molecule has 0 unspecified atom stereocenters. The third kappa shape index (κ3) is 2.43. The summed E-state index contributed by atoms with van der Waals surface area (Å²) in [4.78, 5) is 15.7. The smallest absolute Gasteiger partial charge is 0.230 e. The summed E-state index contributed by atoms with van der Waals surface area (Å²) in [5.41, 5.74) is 0.922. The van der Waals surface area contributed by atoms with Crippen molar-refractivity contribution in [3.63, 3.8) is 0 Å². The molecule has 0 aromatic carbocycles. The van der Waals surface area contributed by atoms with Crippen molar-refractivity contribution in [2.45, 2.75) is 26.3 Å². The summed E-state index contributed by atoms with van der Waals surface area (Å²) in [6.45, 7) is 4.92. The zero-order valence-electron chi connectivity index (χ0n) is 11.9. The second-order valence-electron chi connectivity index (χ2n) is 4.81. The summed E-state index contributed by atoms with van der Waals surface area (Å²) in [5.74, 6) is 2.02. The minimum atomic E-state index is 0.598. The van der Waals surface area contributed by atoms with E-state index in [0.29, 0.717) is 11.8 Å². The molecule has 1 fully saturated rings. The Morgan fingerprint density at radius 2 is 2.00 bits per heavy atom. The molecule has 3 heterocycles. The molecule has 0 radical (unpaired) electrons. The van der Waals surface area contributed by atoms with E-state index in [9.17, 15) is 0 Å². The Labute approximate surface area is 118 Å². The third-order valence-electron chi connectivity index (χ3n) is 3.45. The molecule has 7 heteroatoms. The first kappa shape index (κ1) is 12.8. The molecule has 20 heavy (non-hydrogen) atoms. The van der Waals surface area contributed by atoms with Crippen LogP contribution < -0.4 is 10.2 Å². The topological polar surface area (TPSA) is 71.8 Å². The molecule has 0 bridgehead atoms. The van der Waals surface area contributed by atoms with Gasteiger partial charge < -0.3 is 10.2 Å². The van der Waals surface area contributed by atoms with E-state index in [0.717, 1.165) is 31.1 Å². The molecule has 0 amide bonds. The van der Waals surface area contributed by atoms with Crippen LogP contribution in [0.5, 0.6) is 0 Å². The summed E-state index contributed by atoms with van der Waals surface area (Å²) in [7, 11) is 1.82. The lowest BCUT2D eigenvalue weighted by Crippen LogP contribution is -2.21. The fourth-order valence-corrected chi connectivity index (χ4v) is 2.32. The number of aryl methyl sites for hydroxylation is 1. The van der Waals surface area contributed by atoms with Gasteiger partial charge in [0.05, 0.1) is 11.8 Å². The van der Waals surface area contributed by atoms with Gasteiger partial charge in [-0.2, -0.15) is 20.1 Å². The predicted octanol–water partition coefficient (Wildman–Crippen LogP) is 1.40. The minimum Gasteiger partial charge on any atom is -0.357 e. The Hall–Kier alpha value is -2.18. The maximum atomic E-state index is 4.59. The Kier molecular flexibility index (Phi) is 3.49. The second-order valence-corrected chi connectivity index (χ2v) is 4.81. The maximum absolute atomic E-state index is 4.59. The third-order valence-corrected chi connectivity index (χ3v) is 3.45. The molecule has 0 saturated carbocycles. The van der Waals surface area contributed by atoms with Crippen LogP contribution in [0, 0.1) is 0 Å². The van der Waals surface area contributed by atoms with Gasteiger partial charge in [-0.3, -0.25) is 4.68 Å². The van der Waals surface area contributed by atoms with Gasteiger partial charge in [-0.15, -0.1) is 0 Å².